The van der Waals surface area contributed by atoms with E-state index in [-0.39, 0.29) is 22.6 Å². The number of rotatable bonds is 1. The molecule has 0 saturated heterocycles. The summed E-state index contributed by atoms with van der Waals surface area (Å²) in [6.07, 6.45) is 8.71. The molecule has 0 aromatic rings. The second kappa shape index (κ2) is 4.96. The van der Waals surface area contributed by atoms with Crippen molar-refractivity contribution in [2.24, 2.45) is 22.7 Å². The van der Waals surface area contributed by atoms with Crippen LogP contribution < -0.4 is 0 Å². The van der Waals surface area contributed by atoms with Crippen molar-refractivity contribution < 1.29 is 14.3 Å². The van der Waals surface area contributed by atoms with Gasteiger partial charge in [0.05, 0.1) is 12.5 Å². The summed E-state index contributed by atoms with van der Waals surface area (Å²) in [6, 6.07) is 0. The van der Waals surface area contributed by atoms with Crippen molar-refractivity contribution in [1.82, 2.24) is 0 Å². The molecule has 3 heteroatoms. The first kappa shape index (κ1) is 14.8. The van der Waals surface area contributed by atoms with Crippen LogP contribution in [-0.4, -0.2) is 18.9 Å². The van der Waals surface area contributed by atoms with E-state index in [9.17, 15) is 9.59 Å². The number of methoxy groups -OCH3 is 1. The smallest absolute Gasteiger partial charge is 0.311 e. The van der Waals surface area contributed by atoms with Crippen molar-refractivity contribution in [2.45, 2.75) is 58.8 Å². The van der Waals surface area contributed by atoms with E-state index >= 15 is 0 Å². The van der Waals surface area contributed by atoms with E-state index in [1.54, 1.807) is 0 Å². The van der Waals surface area contributed by atoms with Gasteiger partial charge in [0.15, 0.2) is 5.78 Å². The third-order valence-electron chi connectivity index (χ3n) is 6.62. The van der Waals surface area contributed by atoms with Crippen molar-refractivity contribution in [3.05, 3.63) is 11.6 Å². The molecule has 2 saturated carbocycles. The molecule has 0 spiro atoms. The Kier molecular flexibility index (Phi) is 3.50. The van der Waals surface area contributed by atoms with Gasteiger partial charge in [-0.3, -0.25) is 9.59 Å². The Hall–Kier alpha value is -1.12. The van der Waals surface area contributed by atoms with Crippen LogP contribution in [0.3, 0.4) is 0 Å². The zero-order valence-electron chi connectivity index (χ0n) is 13.4. The number of carbonyl (C=O) groups excluding carboxylic acids is 2. The quantitative estimate of drug-likeness (QED) is 0.692. The van der Waals surface area contributed by atoms with E-state index in [0.29, 0.717) is 18.3 Å². The van der Waals surface area contributed by atoms with Crippen molar-refractivity contribution in [3.8, 4) is 0 Å². The lowest BCUT2D eigenvalue weighted by Gasteiger charge is -2.58. The fraction of sp³-hybridized carbons (Fsp3) is 0.778. The Morgan fingerprint density at radius 1 is 1.24 bits per heavy atom. The molecule has 0 bridgehead atoms. The average molecular weight is 290 g/mol. The summed E-state index contributed by atoms with van der Waals surface area (Å²) < 4.78 is 5.13. The van der Waals surface area contributed by atoms with Crippen LogP contribution >= 0.6 is 0 Å². The molecule has 0 radical (unpaired) electrons. The normalized spacial score (nSPS) is 42.6. The number of carbonyl (C=O) groups is 2. The molecule has 0 amide bonds. The second-order valence-electron chi connectivity index (χ2n) is 7.64. The fourth-order valence-electron chi connectivity index (χ4n) is 5.62. The van der Waals surface area contributed by atoms with Crippen molar-refractivity contribution in [3.63, 3.8) is 0 Å². The maximum atomic E-state index is 12.4. The van der Waals surface area contributed by atoms with Crippen molar-refractivity contribution >= 4 is 11.8 Å². The fourth-order valence-corrected chi connectivity index (χ4v) is 5.62. The maximum absolute atomic E-state index is 12.4. The third kappa shape index (κ3) is 2.08. The van der Waals surface area contributed by atoms with E-state index in [1.165, 1.54) is 19.1 Å². The lowest BCUT2D eigenvalue weighted by molar-refractivity contribution is -0.168. The molecule has 0 heterocycles. The predicted molar refractivity (Wildman–Crippen MR) is 80.6 cm³/mol. The number of fused-ring (bicyclic) bond motifs is 3. The lowest BCUT2D eigenvalue weighted by Crippen LogP contribution is -2.54. The molecule has 2 fully saturated rings. The van der Waals surface area contributed by atoms with Crippen LogP contribution in [0.1, 0.15) is 58.8 Å². The van der Waals surface area contributed by atoms with Gasteiger partial charge in [0.1, 0.15) is 0 Å². The molecule has 3 aliphatic rings. The number of hydrogen-bond donors (Lipinski definition) is 0. The molecule has 0 aromatic heterocycles. The Bertz CT molecular complexity index is 507. The average Bonchev–Trinajstić information content (AvgIpc) is 2.45. The van der Waals surface area contributed by atoms with Gasteiger partial charge >= 0.3 is 5.97 Å². The zero-order chi connectivity index (χ0) is 15.3. The Morgan fingerprint density at radius 2 is 2.00 bits per heavy atom. The summed E-state index contributed by atoms with van der Waals surface area (Å²) in [5.74, 6) is 1.10. The third-order valence-corrected chi connectivity index (χ3v) is 6.62. The standard InChI is InChI=1S/C18H26O3/c1-17-9-4-10-18(2,16(20)21-3)15(17)8-5-12-11-13(19)6-7-14(12)17/h11,14-15H,4-10H2,1-3H3/t14?,15-,17-,18+/m1/s1. The van der Waals surface area contributed by atoms with Crippen LogP contribution in [0.15, 0.2) is 11.6 Å². The highest BCUT2D eigenvalue weighted by atomic mass is 16.5. The van der Waals surface area contributed by atoms with Crippen LogP contribution in [0.25, 0.3) is 0 Å². The van der Waals surface area contributed by atoms with E-state index in [1.807, 2.05) is 6.08 Å². The minimum Gasteiger partial charge on any atom is -0.469 e. The summed E-state index contributed by atoms with van der Waals surface area (Å²) >= 11 is 0. The van der Waals surface area contributed by atoms with Crippen LogP contribution in [0, 0.1) is 22.7 Å². The van der Waals surface area contributed by atoms with Gasteiger partial charge in [0, 0.05) is 6.42 Å². The largest absolute Gasteiger partial charge is 0.469 e. The highest BCUT2D eigenvalue weighted by Crippen LogP contribution is 2.62. The molecule has 3 aliphatic carbocycles. The van der Waals surface area contributed by atoms with E-state index in [2.05, 4.69) is 13.8 Å². The number of esters is 1. The van der Waals surface area contributed by atoms with Crippen molar-refractivity contribution in [1.29, 1.82) is 0 Å². The molecule has 0 aliphatic heterocycles. The van der Waals surface area contributed by atoms with E-state index in [4.69, 9.17) is 4.74 Å². The van der Waals surface area contributed by atoms with Crippen molar-refractivity contribution in [2.75, 3.05) is 7.11 Å². The van der Waals surface area contributed by atoms with E-state index in [0.717, 1.165) is 32.1 Å². The first-order valence-corrected chi connectivity index (χ1v) is 8.23. The number of ether oxygens (including phenoxy) is 1. The topological polar surface area (TPSA) is 43.4 Å². The molecule has 21 heavy (non-hydrogen) atoms. The summed E-state index contributed by atoms with van der Waals surface area (Å²) in [4.78, 5) is 24.1. The van der Waals surface area contributed by atoms with Crippen LogP contribution in [0.4, 0.5) is 0 Å². The molecule has 0 aromatic carbocycles. The molecular formula is C18H26O3. The van der Waals surface area contributed by atoms with Gasteiger partial charge in [0.2, 0.25) is 0 Å². The van der Waals surface area contributed by atoms with E-state index < -0.39 is 0 Å². The molecule has 1 unspecified atom stereocenters. The van der Waals surface area contributed by atoms with Crippen LogP contribution in [0.5, 0.6) is 0 Å². The molecule has 4 atom stereocenters. The Balaban J connectivity index is 1.99. The monoisotopic (exact) mass is 290 g/mol. The SMILES string of the molecule is COC(=O)[C@@]1(C)CCC[C@]2(C)C3CCC(=O)C=C3CC[C@@H]12. The number of allylic oxidation sites excluding steroid dienone is 2. The minimum atomic E-state index is -0.352. The lowest BCUT2D eigenvalue weighted by atomic mass is 9.46. The summed E-state index contributed by atoms with van der Waals surface area (Å²) in [5, 5.41) is 0. The van der Waals surface area contributed by atoms with Gasteiger partial charge < -0.3 is 4.74 Å². The van der Waals surface area contributed by atoms with Gasteiger partial charge in [-0.05, 0) is 62.4 Å². The van der Waals surface area contributed by atoms with Gasteiger partial charge in [-0.2, -0.15) is 0 Å². The predicted octanol–water partition coefficient (Wildman–Crippen LogP) is 3.67. The summed E-state index contributed by atoms with van der Waals surface area (Å²) in [5.41, 5.74) is 1.14. The van der Waals surface area contributed by atoms with Gasteiger partial charge in [-0.1, -0.05) is 18.9 Å². The second-order valence-corrected chi connectivity index (χ2v) is 7.64. The first-order chi connectivity index (χ1) is 9.91. The van der Waals surface area contributed by atoms with Gasteiger partial charge in [-0.25, -0.2) is 0 Å². The number of hydrogen-bond acceptors (Lipinski definition) is 3. The van der Waals surface area contributed by atoms with Crippen LogP contribution in [0.2, 0.25) is 0 Å². The molecule has 0 N–H and O–H groups in total. The molecule has 3 nitrogen and oxygen atoms in total. The van der Waals surface area contributed by atoms with Gasteiger partial charge in [-0.15, -0.1) is 0 Å². The first-order valence-electron chi connectivity index (χ1n) is 8.23. The maximum Gasteiger partial charge on any atom is 0.311 e. The molecule has 116 valence electrons. The summed E-state index contributed by atoms with van der Waals surface area (Å²) in [6.45, 7) is 4.45. The van der Waals surface area contributed by atoms with Gasteiger partial charge in [0.25, 0.3) is 0 Å². The zero-order valence-corrected chi connectivity index (χ0v) is 13.4. The highest BCUT2D eigenvalue weighted by Gasteiger charge is 2.58. The Labute approximate surface area is 127 Å². The number of ketones is 1. The molecule has 3 rings (SSSR count). The Morgan fingerprint density at radius 3 is 2.71 bits per heavy atom. The molecular weight excluding hydrogens is 264 g/mol. The highest BCUT2D eigenvalue weighted by molar-refractivity contribution is 5.91. The summed E-state index contributed by atoms with van der Waals surface area (Å²) in [7, 11) is 1.51. The minimum absolute atomic E-state index is 0.0438. The van der Waals surface area contributed by atoms with Crippen LogP contribution in [-0.2, 0) is 14.3 Å².